The van der Waals surface area contributed by atoms with Gasteiger partial charge in [0.25, 0.3) is 0 Å². The topological polar surface area (TPSA) is 27.3 Å². The minimum absolute atomic E-state index is 0.319. The van der Waals surface area contributed by atoms with Gasteiger partial charge in [-0.3, -0.25) is 0 Å². The van der Waals surface area contributed by atoms with E-state index in [1.807, 2.05) is 0 Å². The highest BCUT2D eigenvalue weighted by atomic mass is 32.1. The molecule has 0 aromatic rings. The second-order valence-electron chi connectivity index (χ2n) is 4.54. The fraction of sp³-hybridized carbons (Fsp3) is 0.909. The van der Waals surface area contributed by atoms with Crippen LogP contribution in [-0.4, -0.2) is 42.7 Å². The van der Waals surface area contributed by atoms with Gasteiger partial charge in [-0.1, -0.05) is 12.8 Å². The molecule has 3 nitrogen and oxygen atoms in total. The van der Waals surface area contributed by atoms with Gasteiger partial charge in [-0.15, -0.1) is 0 Å². The Morgan fingerprint density at radius 1 is 1.27 bits per heavy atom. The molecule has 4 heteroatoms. The highest BCUT2D eigenvalue weighted by molar-refractivity contribution is 7.80. The predicted molar refractivity (Wildman–Crippen MR) is 69.2 cm³/mol. The lowest BCUT2D eigenvalue weighted by atomic mass is 9.96. The summed E-state index contributed by atoms with van der Waals surface area (Å²) in [6, 6.07) is 0. The van der Waals surface area contributed by atoms with Crippen molar-refractivity contribution in [2.24, 2.45) is 0 Å². The molecule has 0 bridgehead atoms. The van der Waals surface area contributed by atoms with Crippen molar-refractivity contribution in [3.8, 4) is 0 Å². The molecule has 0 aliphatic heterocycles. The van der Waals surface area contributed by atoms with Gasteiger partial charge in [0.15, 0.2) is 5.11 Å². The van der Waals surface area contributed by atoms with Crippen molar-refractivity contribution >= 4 is 17.3 Å². The lowest BCUT2D eigenvalue weighted by Crippen LogP contribution is -2.52. The summed E-state index contributed by atoms with van der Waals surface area (Å²) in [6.45, 7) is 3.91. The van der Waals surface area contributed by atoms with E-state index in [0.29, 0.717) is 5.54 Å². The number of nitrogens with one attached hydrogen (secondary N) is 2. The van der Waals surface area contributed by atoms with Crippen molar-refractivity contribution in [2.45, 2.75) is 38.1 Å². The molecule has 0 saturated heterocycles. The third kappa shape index (κ3) is 3.31. The first-order chi connectivity index (χ1) is 7.10. The first-order valence-corrected chi connectivity index (χ1v) is 6.21. The first-order valence-electron chi connectivity index (χ1n) is 5.80. The van der Waals surface area contributed by atoms with E-state index >= 15 is 0 Å². The maximum absolute atomic E-state index is 5.18. The van der Waals surface area contributed by atoms with Crippen LogP contribution in [0.2, 0.25) is 0 Å². The lowest BCUT2D eigenvalue weighted by Gasteiger charge is -2.36. The van der Waals surface area contributed by atoms with Crippen LogP contribution in [0, 0.1) is 0 Å². The normalized spacial score (nSPS) is 19.2. The Kier molecular flexibility index (Phi) is 4.80. The Morgan fingerprint density at radius 3 is 2.33 bits per heavy atom. The molecule has 0 unspecified atom stereocenters. The van der Waals surface area contributed by atoms with E-state index in [9.17, 15) is 0 Å². The van der Waals surface area contributed by atoms with E-state index < -0.39 is 0 Å². The average molecular weight is 229 g/mol. The molecule has 1 fully saturated rings. The molecular formula is C11H23N3S. The number of hydrogen-bond acceptors (Lipinski definition) is 2. The fourth-order valence-corrected chi connectivity index (χ4v) is 2.50. The van der Waals surface area contributed by atoms with Gasteiger partial charge >= 0.3 is 0 Å². The smallest absolute Gasteiger partial charge is 0.166 e. The van der Waals surface area contributed by atoms with E-state index in [4.69, 9.17) is 12.2 Å². The van der Waals surface area contributed by atoms with Crippen LogP contribution in [0.25, 0.3) is 0 Å². The van der Waals surface area contributed by atoms with Crippen LogP contribution in [0.15, 0.2) is 0 Å². The summed E-state index contributed by atoms with van der Waals surface area (Å²) >= 11 is 5.18. The van der Waals surface area contributed by atoms with Gasteiger partial charge in [0.2, 0.25) is 0 Å². The number of thiocarbonyl (C=S) groups is 1. The highest BCUT2D eigenvalue weighted by Crippen LogP contribution is 2.32. The van der Waals surface area contributed by atoms with Crippen LogP contribution in [0.5, 0.6) is 0 Å². The van der Waals surface area contributed by atoms with E-state index in [0.717, 1.165) is 18.2 Å². The molecule has 0 atom stereocenters. The van der Waals surface area contributed by atoms with Gasteiger partial charge in [-0.05, 0) is 46.1 Å². The SMILES string of the molecule is CCNC(=S)NCC1(N(C)C)CCCC1. The van der Waals surface area contributed by atoms with Gasteiger partial charge in [-0.2, -0.15) is 0 Å². The second-order valence-corrected chi connectivity index (χ2v) is 4.95. The number of nitrogens with zero attached hydrogens (tertiary/aromatic N) is 1. The minimum atomic E-state index is 0.319. The molecule has 88 valence electrons. The summed E-state index contributed by atoms with van der Waals surface area (Å²) < 4.78 is 0. The maximum Gasteiger partial charge on any atom is 0.166 e. The molecule has 1 aliphatic rings. The fourth-order valence-electron chi connectivity index (χ4n) is 2.28. The molecule has 0 radical (unpaired) electrons. The Hall–Kier alpha value is -0.350. The van der Waals surface area contributed by atoms with E-state index in [2.05, 4.69) is 36.6 Å². The molecule has 0 aromatic carbocycles. The predicted octanol–water partition coefficient (Wildman–Crippen LogP) is 1.34. The summed E-state index contributed by atoms with van der Waals surface area (Å²) in [7, 11) is 4.34. The van der Waals surface area contributed by atoms with Crippen molar-refractivity contribution < 1.29 is 0 Å². The van der Waals surface area contributed by atoms with Crippen LogP contribution >= 0.6 is 12.2 Å². The largest absolute Gasteiger partial charge is 0.363 e. The van der Waals surface area contributed by atoms with Gasteiger partial charge in [0, 0.05) is 18.6 Å². The summed E-state index contributed by atoms with van der Waals surface area (Å²) in [6.07, 6.45) is 5.24. The van der Waals surface area contributed by atoms with Crippen molar-refractivity contribution in [2.75, 3.05) is 27.2 Å². The van der Waals surface area contributed by atoms with Gasteiger partial charge in [-0.25, -0.2) is 0 Å². The monoisotopic (exact) mass is 229 g/mol. The van der Waals surface area contributed by atoms with Crippen molar-refractivity contribution in [1.82, 2.24) is 15.5 Å². The lowest BCUT2D eigenvalue weighted by molar-refractivity contribution is 0.161. The molecule has 0 amide bonds. The standard InChI is InChI=1S/C11H23N3S/c1-4-12-10(15)13-9-11(14(2)3)7-5-6-8-11/h4-9H2,1-3H3,(H2,12,13,15). The van der Waals surface area contributed by atoms with Crippen molar-refractivity contribution in [1.29, 1.82) is 0 Å². The summed E-state index contributed by atoms with van der Waals surface area (Å²) in [5.41, 5.74) is 0.319. The zero-order chi connectivity index (χ0) is 11.3. The molecule has 0 aromatic heterocycles. The van der Waals surface area contributed by atoms with E-state index in [1.54, 1.807) is 0 Å². The molecule has 0 heterocycles. The quantitative estimate of drug-likeness (QED) is 0.712. The zero-order valence-corrected chi connectivity index (χ0v) is 10.9. The number of likely N-dealkylation sites (N-methyl/N-ethyl adjacent to an activating group) is 1. The summed E-state index contributed by atoms with van der Waals surface area (Å²) in [5.74, 6) is 0. The number of hydrogen-bond donors (Lipinski definition) is 2. The molecule has 1 rings (SSSR count). The van der Waals surface area contributed by atoms with Gasteiger partial charge in [0.1, 0.15) is 0 Å². The Morgan fingerprint density at radius 2 is 1.87 bits per heavy atom. The Balaban J connectivity index is 2.42. The average Bonchev–Trinajstić information content (AvgIpc) is 2.65. The Bertz CT molecular complexity index is 210. The minimum Gasteiger partial charge on any atom is -0.363 e. The van der Waals surface area contributed by atoms with Crippen LogP contribution in [0.4, 0.5) is 0 Å². The summed E-state index contributed by atoms with van der Waals surface area (Å²) in [4.78, 5) is 2.35. The zero-order valence-electron chi connectivity index (χ0n) is 10.1. The van der Waals surface area contributed by atoms with E-state index in [1.165, 1.54) is 25.7 Å². The van der Waals surface area contributed by atoms with Crippen molar-refractivity contribution in [3.05, 3.63) is 0 Å². The maximum atomic E-state index is 5.18. The van der Waals surface area contributed by atoms with Gasteiger partial charge in [0.05, 0.1) is 0 Å². The van der Waals surface area contributed by atoms with Crippen LogP contribution in [0.3, 0.4) is 0 Å². The van der Waals surface area contributed by atoms with Crippen LogP contribution in [0.1, 0.15) is 32.6 Å². The molecule has 0 spiro atoms. The van der Waals surface area contributed by atoms with Gasteiger partial charge < -0.3 is 15.5 Å². The summed E-state index contributed by atoms with van der Waals surface area (Å²) in [5, 5.41) is 7.24. The molecule has 1 saturated carbocycles. The number of rotatable bonds is 4. The third-order valence-electron chi connectivity index (χ3n) is 3.40. The molecule has 15 heavy (non-hydrogen) atoms. The molecule has 2 N–H and O–H groups in total. The Labute approximate surface area is 98.6 Å². The van der Waals surface area contributed by atoms with Crippen molar-refractivity contribution in [3.63, 3.8) is 0 Å². The van der Waals surface area contributed by atoms with Crippen LogP contribution < -0.4 is 10.6 Å². The highest BCUT2D eigenvalue weighted by Gasteiger charge is 2.35. The third-order valence-corrected chi connectivity index (χ3v) is 3.69. The second kappa shape index (κ2) is 5.66. The van der Waals surface area contributed by atoms with Crippen LogP contribution in [-0.2, 0) is 0 Å². The molecular weight excluding hydrogens is 206 g/mol. The molecule has 1 aliphatic carbocycles. The first kappa shape index (κ1) is 12.7. The van der Waals surface area contributed by atoms with E-state index in [-0.39, 0.29) is 0 Å².